The maximum Gasteiger partial charge on any atom is 0.256 e. The summed E-state index contributed by atoms with van der Waals surface area (Å²) in [5, 5.41) is 5.57. The van der Waals surface area contributed by atoms with E-state index in [0.29, 0.717) is 9.26 Å². The molecule has 2 aromatic rings. The van der Waals surface area contributed by atoms with E-state index in [9.17, 15) is 18.0 Å². The van der Waals surface area contributed by atoms with Gasteiger partial charge in [0, 0.05) is 21.1 Å². The average molecular weight is 514 g/mol. The number of anilines is 1. The molecule has 0 unspecified atom stereocenters. The monoisotopic (exact) mass is 514 g/mol. The Kier molecular flexibility index (Phi) is 6.87. The van der Waals surface area contributed by atoms with Crippen LogP contribution < -0.4 is 10.6 Å². The molecule has 0 aliphatic rings. The lowest BCUT2D eigenvalue weighted by atomic mass is 10.0. The Hall–Kier alpha value is -1.94. The Bertz CT molecular complexity index is 1020. The van der Waals surface area contributed by atoms with Crippen molar-refractivity contribution in [1.29, 1.82) is 0 Å². The molecule has 0 aliphatic heterocycles. The van der Waals surface area contributed by atoms with E-state index in [1.54, 1.807) is 38.1 Å². The summed E-state index contributed by atoms with van der Waals surface area (Å²) in [5.74, 6) is -1.10. The van der Waals surface area contributed by atoms with Crippen molar-refractivity contribution < 1.29 is 18.0 Å². The predicted molar refractivity (Wildman–Crippen MR) is 120 cm³/mol. The SMILES string of the molecule is Cc1ccccc1NC(=O)c1cccc(I)c1C(=O)NC(C)(C)CS(C)(=O)=O. The summed E-state index contributed by atoms with van der Waals surface area (Å²) in [4.78, 5) is 25.8. The highest BCUT2D eigenvalue weighted by molar-refractivity contribution is 14.1. The van der Waals surface area contributed by atoms with Crippen LogP contribution in [0.2, 0.25) is 0 Å². The molecule has 0 aliphatic carbocycles. The van der Waals surface area contributed by atoms with E-state index >= 15 is 0 Å². The molecule has 0 radical (unpaired) electrons. The van der Waals surface area contributed by atoms with E-state index in [4.69, 9.17) is 0 Å². The van der Waals surface area contributed by atoms with Crippen LogP contribution in [0.5, 0.6) is 0 Å². The Morgan fingerprint density at radius 1 is 1.04 bits per heavy atom. The Morgan fingerprint density at radius 2 is 1.68 bits per heavy atom. The molecular weight excluding hydrogens is 491 g/mol. The minimum Gasteiger partial charge on any atom is -0.346 e. The number of para-hydroxylation sites is 1. The number of halogens is 1. The molecule has 0 bridgehead atoms. The van der Waals surface area contributed by atoms with Crippen molar-refractivity contribution >= 4 is 49.9 Å². The minimum atomic E-state index is -3.29. The van der Waals surface area contributed by atoms with Gasteiger partial charge in [0.15, 0.2) is 0 Å². The van der Waals surface area contributed by atoms with Crippen LogP contribution in [0.25, 0.3) is 0 Å². The number of nitrogens with one attached hydrogen (secondary N) is 2. The first-order valence-electron chi connectivity index (χ1n) is 8.55. The van der Waals surface area contributed by atoms with Crippen molar-refractivity contribution in [3.8, 4) is 0 Å². The molecule has 0 fully saturated rings. The van der Waals surface area contributed by atoms with E-state index < -0.39 is 27.2 Å². The van der Waals surface area contributed by atoms with Gasteiger partial charge < -0.3 is 10.6 Å². The predicted octanol–water partition coefficient (Wildman–Crippen LogP) is 3.40. The molecule has 28 heavy (non-hydrogen) atoms. The smallest absolute Gasteiger partial charge is 0.256 e. The second kappa shape index (κ2) is 8.60. The Labute approximate surface area is 179 Å². The summed E-state index contributed by atoms with van der Waals surface area (Å²) in [5.41, 5.74) is 1.03. The first kappa shape index (κ1) is 22.4. The van der Waals surface area contributed by atoms with Gasteiger partial charge in [-0.3, -0.25) is 9.59 Å². The number of amides is 2. The quantitative estimate of drug-likeness (QED) is 0.579. The normalized spacial score (nSPS) is 11.8. The van der Waals surface area contributed by atoms with Gasteiger partial charge in [0.05, 0.1) is 16.9 Å². The Morgan fingerprint density at radius 3 is 2.29 bits per heavy atom. The minimum absolute atomic E-state index is 0.208. The third-order valence-corrected chi connectivity index (χ3v) is 6.10. The fourth-order valence-corrected chi connectivity index (χ4v) is 5.03. The molecule has 6 nitrogen and oxygen atoms in total. The van der Waals surface area contributed by atoms with Crippen molar-refractivity contribution in [2.45, 2.75) is 26.3 Å². The molecule has 0 atom stereocenters. The molecule has 2 amide bonds. The molecule has 0 saturated carbocycles. The highest BCUT2D eigenvalue weighted by Crippen LogP contribution is 2.21. The Balaban J connectivity index is 2.34. The van der Waals surface area contributed by atoms with Crippen molar-refractivity contribution in [3.63, 3.8) is 0 Å². The summed E-state index contributed by atoms with van der Waals surface area (Å²) in [6.45, 7) is 5.15. The van der Waals surface area contributed by atoms with Crippen LogP contribution in [0.1, 0.15) is 40.1 Å². The number of rotatable bonds is 6. The lowest BCUT2D eigenvalue weighted by molar-refractivity contribution is 0.0909. The summed E-state index contributed by atoms with van der Waals surface area (Å²) < 4.78 is 23.9. The van der Waals surface area contributed by atoms with Crippen molar-refractivity contribution in [2.24, 2.45) is 0 Å². The van der Waals surface area contributed by atoms with Gasteiger partial charge >= 0.3 is 0 Å². The van der Waals surface area contributed by atoms with Gasteiger partial charge in [-0.1, -0.05) is 24.3 Å². The van der Waals surface area contributed by atoms with Crippen LogP contribution in [0.3, 0.4) is 0 Å². The van der Waals surface area contributed by atoms with Gasteiger partial charge in [0.1, 0.15) is 9.84 Å². The molecule has 8 heteroatoms. The molecule has 2 rings (SSSR count). The van der Waals surface area contributed by atoms with Gasteiger partial charge in [0.25, 0.3) is 11.8 Å². The second-order valence-electron chi connectivity index (χ2n) is 7.34. The number of carbonyl (C=O) groups excluding carboxylic acids is 2. The molecule has 0 spiro atoms. The number of hydrogen-bond donors (Lipinski definition) is 2. The average Bonchev–Trinajstić information content (AvgIpc) is 2.53. The molecule has 150 valence electrons. The maximum absolute atomic E-state index is 12.9. The lowest BCUT2D eigenvalue weighted by Crippen LogP contribution is -2.48. The fourth-order valence-electron chi connectivity index (χ4n) is 2.91. The largest absolute Gasteiger partial charge is 0.346 e. The van der Waals surface area contributed by atoms with Crippen LogP contribution in [0.4, 0.5) is 5.69 Å². The number of sulfone groups is 1. The first-order chi connectivity index (χ1) is 12.9. The van der Waals surface area contributed by atoms with E-state index in [0.717, 1.165) is 11.8 Å². The standard InChI is InChI=1S/C20H23IN2O4S/c1-13-8-5-6-11-16(13)22-18(24)14-9-7-10-15(21)17(14)19(25)23-20(2,3)12-28(4,26)27/h5-11H,12H2,1-4H3,(H,22,24)(H,23,25). The zero-order chi connectivity index (χ0) is 21.1. The third-order valence-electron chi connectivity index (χ3n) is 3.95. The zero-order valence-corrected chi connectivity index (χ0v) is 19.1. The summed E-state index contributed by atoms with van der Waals surface area (Å²) in [7, 11) is -3.29. The number of aryl methyl sites for hydroxylation is 1. The molecule has 2 N–H and O–H groups in total. The van der Waals surface area contributed by atoms with Crippen LogP contribution in [0.15, 0.2) is 42.5 Å². The molecule has 0 heterocycles. The van der Waals surface area contributed by atoms with Gasteiger partial charge in [-0.25, -0.2) is 8.42 Å². The fraction of sp³-hybridized carbons (Fsp3) is 0.300. The van der Waals surface area contributed by atoms with Crippen LogP contribution >= 0.6 is 22.6 Å². The van der Waals surface area contributed by atoms with Gasteiger partial charge in [0.2, 0.25) is 0 Å². The highest BCUT2D eigenvalue weighted by Gasteiger charge is 2.29. The molecule has 0 aromatic heterocycles. The van der Waals surface area contributed by atoms with Gasteiger partial charge in [-0.15, -0.1) is 0 Å². The third kappa shape index (κ3) is 6.03. The van der Waals surface area contributed by atoms with Gasteiger partial charge in [-0.2, -0.15) is 0 Å². The summed E-state index contributed by atoms with van der Waals surface area (Å²) in [6.07, 6.45) is 1.12. The topological polar surface area (TPSA) is 92.3 Å². The van der Waals surface area contributed by atoms with E-state index in [2.05, 4.69) is 10.6 Å². The van der Waals surface area contributed by atoms with E-state index in [-0.39, 0.29) is 16.9 Å². The molecule has 0 saturated heterocycles. The maximum atomic E-state index is 12.9. The summed E-state index contributed by atoms with van der Waals surface area (Å²) >= 11 is 1.99. The molecule has 2 aromatic carbocycles. The van der Waals surface area contributed by atoms with Crippen LogP contribution in [0, 0.1) is 10.5 Å². The number of carbonyl (C=O) groups is 2. The number of hydrogen-bond acceptors (Lipinski definition) is 4. The van der Waals surface area contributed by atoms with Crippen molar-refractivity contribution in [2.75, 3.05) is 17.3 Å². The van der Waals surface area contributed by atoms with Gasteiger partial charge in [-0.05, 0) is 67.1 Å². The van der Waals surface area contributed by atoms with Crippen molar-refractivity contribution in [1.82, 2.24) is 5.32 Å². The lowest BCUT2D eigenvalue weighted by Gasteiger charge is -2.26. The van der Waals surface area contributed by atoms with E-state index in [1.165, 1.54) is 0 Å². The van der Waals surface area contributed by atoms with Crippen molar-refractivity contribution in [3.05, 3.63) is 62.7 Å². The summed E-state index contributed by atoms with van der Waals surface area (Å²) in [6, 6.07) is 12.4. The van der Waals surface area contributed by atoms with Crippen LogP contribution in [-0.4, -0.2) is 37.8 Å². The zero-order valence-electron chi connectivity index (χ0n) is 16.2. The highest BCUT2D eigenvalue weighted by atomic mass is 127. The van der Waals surface area contributed by atoms with Crippen LogP contribution in [-0.2, 0) is 9.84 Å². The molecular formula is C20H23IN2O4S. The second-order valence-corrected chi connectivity index (χ2v) is 10.6. The number of benzene rings is 2. The first-order valence-corrected chi connectivity index (χ1v) is 11.7. The van der Waals surface area contributed by atoms with E-state index in [1.807, 2.05) is 47.7 Å².